The van der Waals surface area contributed by atoms with Crippen molar-refractivity contribution in [2.45, 2.75) is 13.0 Å². The van der Waals surface area contributed by atoms with Crippen molar-refractivity contribution < 1.29 is 13.9 Å². The summed E-state index contributed by atoms with van der Waals surface area (Å²) in [6.07, 6.45) is 3.14. The number of carbonyl (C=O) groups excluding carboxylic acids is 1. The average Bonchev–Trinajstić information content (AvgIpc) is 3.34. The molecule has 2 N–H and O–H groups in total. The van der Waals surface area contributed by atoms with Gasteiger partial charge in [0.2, 0.25) is 0 Å². The number of halogens is 1. The molecule has 29 heavy (non-hydrogen) atoms. The molecule has 5 rings (SSSR count). The fraction of sp³-hybridized carbons (Fsp3) is 0.190. The zero-order chi connectivity index (χ0) is 20.3. The Morgan fingerprint density at radius 2 is 2.14 bits per heavy atom. The normalized spacial score (nSPS) is 15.5. The Kier molecular flexibility index (Phi) is 3.70. The van der Waals surface area contributed by atoms with Crippen molar-refractivity contribution in [2.75, 3.05) is 19.4 Å². The van der Waals surface area contributed by atoms with Gasteiger partial charge < -0.3 is 15.4 Å². The molecule has 1 amide bonds. The number of rotatable bonds is 2. The third-order valence-corrected chi connectivity index (χ3v) is 5.41. The van der Waals surface area contributed by atoms with Crippen LogP contribution in [-0.4, -0.2) is 38.8 Å². The first-order chi connectivity index (χ1) is 13.9. The van der Waals surface area contributed by atoms with Crippen LogP contribution in [0.1, 0.15) is 27.5 Å². The predicted molar refractivity (Wildman–Crippen MR) is 106 cm³/mol. The highest BCUT2D eigenvalue weighted by molar-refractivity contribution is 5.98. The number of amides is 1. The van der Waals surface area contributed by atoms with Crippen LogP contribution >= 0.6 is 0 Å². The van der Waals surface area contributed by atoms with Gasteiger partial charge in [0.05, 0.1) is 35.2 Å². The minimum atomic E-state index is -0.649. The molecule has 0 bridgehead atoms. The Bertz CT molecular complexity index is 1300. The molecular weight excluding hydrogens is 373 g/mol. The number of aryl methyl sites for hydroxylation is 1. The highest BCUT2D eigenvalue weighted by atomic mass is 19.1. The number of aromatic nitrogens is 3. The summed E-state index contributed by atoms with van der Waals surface area (Å²) in [6, 6.07) is 8.30. The van der Waals surface area contributed by atoms with Gasteiger partial charge in [-0.15, -0.1) is 0 Å². The second-order valence-electron chi connectivity index (χ2n) is 7.25. The van der Waals surface area contributed by atoms with E-state index in [9.17, 15) is 9.18 Å². The third kappa shape index (κ3) is 2.60. The summed E-state index contributed by atoms with van der Waals surface area (Å²) >= 11 is 0. The standard InChI is InChI=1S/C21H18FN5O2/c1-11-3-4-12-18(9-29-19(12)5-11)26(2)21(28)13-6-16-15(7-14(13)22)25-20(23)17-8-24-10-27(16)17/h3-8,10,18H,9H2,1-2H3,(H2,23,25). The van der Waals surface area contributed by atoms with Crippen molar-refractivity contribution in [2.24, 2.45) is 0 Å². The van der Waals surface area contributed by atoms with Crippen LogP contribution in [-0.2, 0) is 0 Å². The molecule has 1 atom stereocenters. The van der Waals surface area contributed by atoms with Crippen molar-refractivity contribution in [1.29, 1.82) is 0 Å². The van der Waals surface area contributed by atoms with Gasteiger partial charge in [-0.3, -0.25) is 9.20 Å². The van der Waals surface area contributed by atoms with Crippen molar-refractivity contribution in [3.05, 3.63) is 65.4 Å². The van der Waals surface area contributed by atoms with E-state index in [1.807, 2.05) is 25.1 Å². The summed E-state index contributed by atoms with van der Waals surface area (Å²) in [7, 11) is 1.66. The van der Waals surface area contributed by atoms with Gasteiger partial charge in [-0.05, 0) is 24.6 Å². The lowest BCUT2D eigenvalue weighted by Crippen LogP contribution is -2.32. The van der Waals surface area contributed by atoms with E-state index in [1.54, 1.807) is 24.0 Å². The summed E-state index contributed by atoms with van der Waals surface area (Å²) in [4.78, 5) is 23.0. The number of nitrogens with two attached hydrogens (primary N) is 1. The number of carbonyl (C=O) groups is 1. The number of likely N-dealkylation sites (N-methyl/N-ethyl adjacent to an activating group) is 1. The highest BCUT2D eigenvalue weighted by Crippen LogP contribution is 2.37. The Balaban J connectivity index is 1.58. The minimum absolute atomic E-state index is 0.0397. The van der Waals surface area contributed by atoms with E-state index in [0.717, 1.165) is 16.9 Å². The van der Waals surface area contributed by atoms with E-state index in [1.165, 1.54) is 17.0 Å². The molecule has 0 saturated heterocycles. The van der Waals surface area contributed by atoms with E-state index >= 15 is 0 Å². The molecular formula is C21H18FN5O2. The monoisotopic (exact) mass is 391 g/mol. The molecule has 7 nitrogen and oxygen atoms in total. The smallest absolute Gasteiger partial charge is 0.257 e. The fourth-order valence-electron chi connectivity index (χ4n) is 3.81. The number of ether oxygens (including phenoxy) is 1. The number of nitrogen functional groups attached to an aromatic ring is 1. The molecule has 2 aromatic heterocycles. The molecule has 146 valence electrons. The largest absolute Gasteiger partial charge is 0.491 e. The number of fused-ring (bicyclic) bond motifs is 4. The maximum Gasteiger partial charge on any atom is 0.257 e. The molecule has 0 radical (unpaired) electrons. The number of nitrogens with zero attached hydrogens (tertiary/aromatic N) is 4. The highest BCUT2D eigenvalue weighted by Gasteiger charge is 2.32. The van der Waals surface area contributed by atoms with Crippen molar-refractivity contribution >= 4 is 28.3 Å². The van der Waals surface area contributed by atoms with Crippen LogP contribution in [0.4, 0.5) is 10.2 Å². The minimum Gasteiger partial charge on any atom is -0.491 e. The lowest BCUT2D eigenvalue weighted by molar-refractivity contribution is 0.0704. The van der Waals surface area contributed by atoms with E-state index < -0.39 is 11.7 Å². The zero-order valence-electron chi connectivity index (χ0n) is 15.9. The summed E-state index contributed by atoms with van der Waals surface area (Å²) in [5, 5.41) is 0. The van der Waals surface area contributed by atoms with Gasteiger partial charge in [-0.2, -0.15) is 0 Å². The topological polar surface area (TPSA) is 85.8 Å². The van der Waals surface area contributed by atoms with Crippen molar-refractivity contribution in [1.82, 2.24) is 19.3 Å². The molecule has 4 aromatic rings. The molecule has 2 aromatic carbocycles. The van der Waals surface area contributed by atoms with Crippen LogP contribution < -0.4 is 10.5 Å². The second kappa shape index (κ2) is 6.16. The summed E-state index contributed by atoms with van der Waals surface area (Å²) in [5.41, 5.74) is 9.39. The van der Waals surface area contributed by atoms with Crippen LogP contribution in [0.25, 0.3) is 16.6 Å². The van der Waals surface area contributed by atoms with Crippen LogP contribution in [0.3, 0.4) is 0 Å². The first kappa shape index (κ1) is 17.4. The summed E-state index contributed by atoms with van der Waals surface area (Å²) < 4.78 is 22.3. The number of anilines is 1. The Morgan fingerprint density at radius 3 is 2.97 bits per heavy atom. The van der Waals surface area contributed by atoms with E-state index in [-0.39, 0.29) is 17.4 Å². The first-order valence-corrected chi connectivity index (χ1v) is 9.15. The molecule has 1 aliphatic rings. The van der Waals surface area contributed by atoms with Gasteiger partial charge >= 0.3 is 0 Å². The SMILES string of the molecule is Cc1ccc2c(c1)OCC2N(C)C(=O)c1cc2c(cc1F)nc(N)c1cncn12. The number of imidazole rings is 1. The Morgan fingerprint density at radius 1 is 1.31 bits per heavy atom. The van der Waals surface area contributed by atoms with Crippen molar-refractivity contribution in [3.63, 3.8) is 0 Å². The van der Waals surface area contributed by atoms with Gasteiger partial charge in [0.25, 0.3) is 5.91 Å². The molecule has 0 fully saturated rings. The summed E-state index contributed by atoms with van der Waals surface area (Å²) in [6.45, 7) is 2.31. The van der Waals surface area contributed by atoms with Gasteiger partial charge in [-0.25, -0.2) is 14.4 Å². The second-order valence-corrected chi connectivity index (χ2v) is 7.25. The lowest BCUT2D eigenvalue weighted by Gasteiger charge is -2.24. The van der Waals surface area contributed by atoms with E-state index in [4.69, 9.17) is 10.5 Å². The van der Waals surface area contributed by atoms with Gasteiger partial charge in [0.1, 0.15) is 29.5 Å². The van der Waals surface area contributed by atoms with Crippen molar-refractivity contribution in [3.8, 4) is 5.75 Å². The van der Waals surface area contributed by atoms with Gasteiger partial charge in [-0.1, -0.05) is 12.1 Å². The third-order valence-electron chi connectivity index (χ3n) is 5.41. The van der Waals surface area contributed by atoms with Gasteiger partial charge in [0.15, 0.2) is 0 Å². The van der Waals surface area contributed by atoms with Crippen LogP contribution in [0, 0.1) is 12.7 Å². The van der Waals surface area contributed by atoms with Crippen LogP contribution in [0.15, 0.2) is 42.9 Å². The number of hydrogen-bond acceptors (Lipinski definition) is 5. The van der Waals surface area contributed by atoms with Gasteiger partial charge in [0, 0.05) is 18.7 Å². The molecule has 0 aliphatic carbocycles. The quantitative estimate of drug-likeness (QED) is 0.567. The maximum atomic E-state index is 14.8. The zero-order valence-corrected chi connectivity index (χ0v) is 15.9. The maximum absolute atomic E-state index is 14.8. The van der Waals surface area contributed by atoms with Crippen LogP contribution in [0.5, 0.6) is 5.75 Å². The Hall–Kier alpha value is -3.68. The molecule has 3 heterocycles. The van der Waals surface area contributed by atoms with E-state index in [2.05, 4.69) is 9.97 Å². The Labute approximate surface area is 165 Å². The molecule has 1 unspecified atom stereocenters. The summed E-state index contributed by atoms with van der Waals surface area (Å²) in [5.74, 6) is -0.0747. The first-order valence-electron chi connectivity index (χ1n) is 9.15. The fourth-order valence-corrected chi connectivity index (χ4v) is 3.81. The molecule has 0 spiro atoms. The lowest BCUT2D eigenvalue weighted by atomic mass is 10.0. The number of hydrogen-bond donors (Lipinski definition) is 1. The molecule has 0 saturated carbocycles. The van der Waals surface area contributed by atoms with E-state index in [0.29, 0.717) is 23.2 Å². The average molecular weight is 391 g/mol. The number of benzene rings is 2. The molecule has 8 heteroatoms. The predicted octanol–water partition coefficient (Wildman–Crippen LogP) is 3.12. The van der Waals surface area contributed by atoms with Crippen LogP contribution in [0.2, 0.25) is 0 Å². The molecule has 1 aliphatic heterocycles.